The van der Waals surface area contributed by atoms with Crippen LogP contribution < -0.4 is 10.6 Å². The number of rotatable bonds is 5. The highest BCUT2D eigenvalue weighted by Gasteiger charge is 2.23. The van der Waals surface area contributed by atoms with Crippen molar-refractivity contribution in [3.63, 3.8) is 0 Å². The van der Waals surface area contributed by atoms with Gasteiger partial charge in [0.05, 0.1) is 6.42 Å². The van der Waals surface area contributed by atoms with E-state index in [1.54, 1.807) is 24.3 Å². The average Bonchev–Trinajstić information content (AvgIpc) is 3.34. The van der Waals surface area contributed by atoms with Gasteiger partial charge in [-0.15, -0.1) is 0 Å². The molecule has 2 aromatic rings. The zero-order valence-corrected chi connectivity index (χ0v) is 14.1. The molecule has 118 valence electrons. The maximum absolute atomic E-state index is 12.0. The van der Waals surface area contributed by atoms with Gasteiger partial charge in [0.1, 0.15) is 0 Å². The SMILES string of the molecule is O=C(Cc1ccc(Br)cc1)Nc1ccc(C(=O)NC2CC2)cc1. The fourth-order valence-corrected chi connectivity index (χ4v) is 2.46. The molecule has 0 bridgehead atoms. The van der Waals surface area contributed by atoms with Gasteiger partial charge in [0, 0.05) is 21.8 Å². The van der Waals surface area contributed by atoms with Crippen molar-refractivity contribution in [2.45, 2.75) is 25.3 Å². The standard InChI is InChI=1S/C18H17BrN2O2/c19-14-5-1-12(2-6-14)11-17(22)20-15-7-3-13(4-8-15)18(23)21-16-9-10-16/h1-8,16H,9-11H2,(H,20,22)(H,21,23). The van der Waals surface area contributed by atoms with Gasteiger partial charge in [0.25, 0.3) is 5.91 Å². The first-order valence-electron chi connectivity index (χ1n) is 7.55. The highest BCUT2D eigenvalue weighted by atomic mass is 79.9. The van der Waals surface area contributed by atoms with Crippen LogP contribution in [-0.2, 0) is 11.2 Å². The third-order valence-electron chi connectivity index (χ3n) is 3.62. The van der Waals surface area contributed by atoms with Gasteiger partial charge >= 0.3 is 0 Å². The van der Waals surface area contributed by atoms with Crippen LogP contribution in [0.25, 0.3) is 0 Å². The Morgan fingerprint density at radius 2 is 1.65 bits per heavy atom. The summed E-state index contributed by atoms with van der Waals surface area (Å²) in [5.74, 6) is -0.136. The molecule has 0 aliphatic heterocycles. The molecule has 23 heavy (non-hydrogen) atoms. The van der Waals surface area contributed by atoms with E-state index in [0.717, 1.165) is 22.9 Å². The van der Waals surface area contributed by atoms with E-state index in [2.05, 4.69) is 26.6 Å². The zero-order valence-electron chi connectivity index (χ0n) is 12.5. The van der Waals surface area contributed by atoms with E-state index in [0.29, 0.717) is 23.7 Å². The maximum Gasteiger partial charge on any atom is 0.251 e. The molecule has 0 spiro atoms. The minimum absolute atomic E-state index is 0.0553. The maximum atomic E-state index is 12.0. The Bertz CT molecular complexity index is 707. The number of hydrogen-bond donors (Lipinski definition) is 2. The third kappa shape index (κ3) is 4.66. The summed E-state index contributed by atoms with van der Waals surface area (Å²) in [5.41, 5.74) is 2.25. The lowest BCUT2D eigenvalue weighted by Gasteiger charge is -2.07. The lowest BCUT2D eigenvalue weighted by atomic mass is 10.1. The lowest BCUT2D eigenvalue weighted by Crippen LogP contribution is -2.25. The molecule has 2 aromatic carbocycles. The summed E-state index contributed by atoms with van der Waals surface area (Å²) in [6, 6.07) is 14.9. The summed E-state index contributed by atoms with van der Waals surface area (Å²) in [5, 5.41) is 5.78. The van der Waals surface area contributed by atoms with Crippen molar-refractivity contribution in [1.82, 2.24) is 5.32 Å². The van der Waals surface area contributed by atoms with Crippen molar-refractivity contribution >= 4 is 33.4 Å². The monoisotopic (exact) mass is 372 g/mol. The highest BCUT2D eigenvalue weighted by molar-refractivity contribution is 9.10. The smallest absolute Gasteiger partial charge is 0.251 e. The van der Waals surface area contributed by atoms with Crippen molar-refractivity contribution in [2.75, 3.05) is 5.32 Å². The number of carbonyl (C=O) groups excluding carboxylic acids is 2. The molecule has 5 heteroatoms. The van der Waals surface area contributed by atoms with Crippen molar-refractivity contribution < 1.29 is 9.59 Å². The Kier molecular flexibility index (Phi) is 4.76. The first-order valence-corrected chi connectivity index (χ1v) is 8.35. The summed E-state index contributed by atoms with van der Waals surface area (Å²) >= 11 is 3.37. The van der Waals surface area contributed by atoms with Gasteiger partial charge in [-0.25, -0.2) is 0 Å². The van der Waals surface area contributed by atoms with Crippen molar-refractivity contribution in [2.24, 2.45) is 0 Å². The van der Waals surface area contributed by atoms with Crippen LogP contribution in [0.5, 0.6) is 0 Å². The van der Waals surface area contributed by atoms with Gasteiger partial charge in [0.2, 0.25) is 5.91 Å². The summed E-state index contributed by atoms with van der Waals surface area (Å²) < 4.78 is 0.988. The Morgan fingerprint density at radius 1 is 1.00 bits per heavy atom. The van der Waals surface area contributed by atoms with Gasteiger partial charge < -0.3 is 10.6 Å². The summed E-state index contributed by atoms with van der Waals surface area (Å²) in [7, 11) is 0. The molecule has 1 saturated carbocycles. The minimum Gasteiger partial charge on any atom is -0.349 e. The molecule has 2 N–H and O–H groups in total. The Balaban J connectivity index is 1.55. The number of amides is 2. The van der Waals surface area contributed by atoms with Crippen LogP contribution in [-0.4, -0.2) is 17.9 Å². The lowest BCUT2D eigenvalue weighted by molar-refractivity contribution is -0.115. The Morgan fingerprint density at radius 3 is 2.26 bits per heavy atom. The average molecular weight is 373 g/mol. The molecule has 3 rings (SSSR count). The molecule has 0 saturated heterocycles. The second-order valence-corrected chi connectivity index (χ2v) is 6.59. The molecule has 0 atom stereocenters. The molecular formula is C18H17BrN2O2. The predicted molar refractivity (Wildman–Crippen MR) is 93.4 cm³/mol. The van der Waals surface area contributed by atoms with Gasteiger partial charge in [-0.2, -0.15) is 0 Å². The van der Waals surface area contributed by atoms with Gasteiger partial charge in [-0.1, -0.05) is 28.1 Å². The van der Waals surface area contributed by atoms with Crippen LogP contribution in [0.3, 0.4) is 0 Å². The number of anilines is 1. The molecular weight excluding hydrogens is 356 g/mol. The predicted octanol–water partition coefficient (Wildman–Crippen LogP) is 3.52. The van der Waals surface area contributed by atoms with E-state index in [9.17, 15) is 9.59 Å². The quantitative estimate of drug-likeness (QED) is 0.843. The highest BCUT2D eigenvalue weighted by Crippen LogP contribution is 2.19. The summed E-state index contributed by atoms with van der Waals surface area (Å²) in [6.07, 6.45) is 2.45. The van der Waals surface area contributed by atoms with E-state index >= 15 is 0 Å². The number of halogens is 1. The molecule has 0 aromatic heterocycles. The van der Waals surface area contributed by atoms with Crippen LogP contribution >= 0.6 is 15.9 Å². The minimum atomic E-state index is -0.0810. The van der Waals surface area contributed by atoms with Crippen LogP contribution in [0.2, 0.25) is 0 Å². The van der Waals surface area contributed by atoms with Crippen LogP contribution in [0, 0.1) is 0 Å². The second kappa shape index (κ2) is 6.96. The van der Waals surface area contributed by atoms with Crippen molar-refractivity contribution in [3.05, 3.63) is 64.1 Å². The molecule has 4 nitrogen and oxygen atoms in total. The third-order valence-corrected chi connectivity index (χ3v) is 4.15. The largest absolute Gasteiger partial charge is 0.349 e. The van der Waals surface area contributed by atoms with Crippen molar-refractivity contribution in [1.29, 1.82) is 0 Å². The molecule has 0 heterocycles. The topological polar surface area (TPSA) is 58.2 Å². The van der Waals surface area contributed by atoms with E-state index < -0.39 is 0 Å². The van der Waals surface area contributed by atoms with E-state index in [1.165, 1.54) is 0 Å². The second-order valence-electron chi connectivity index (χ2n) is 5.68. The number of hydrogen-bond acceptors (Lipinski definition) is 2. The Labute approximate surface area is 143 Å². The zero-order chi connectivity index (χ0) is 16.2. The fourth-order valence-electron chi connectivity index (χ4n) is 2.19. The molecule has 0 unspecified atom stereocenters. The molecule has 1 aliphatic rings. The number of benzene rings is 2. The van der Waals surface area contributed by atoms with E-state index in [4.69, 9.17) is 0 Å². The Hall–Kier alpha value is -2.14. The van der Waals surface area contributed by atoms with Crippen molar-refractivity contribution in [3.8, 4) is 0 Å². The molecule has 2 amide bonds. The van der Waals surface area contributed by atoms with Crippen LogP contribution in [0.15, 0.2) is 53.0 Å². The first-order chi connectivity index (χ1) is 11.1. The van der Waals surface area contributed by atoms with E-state index in [-0.39, 0.29) is 11.8 Å². The molecule has 1 fully saturated rings. The van der Waals surface area contributed by atoms with Crippen LogP contribution in [0.4, 0.5) is 5.69 Å². The van der Waals surface area contributed by atoms with Gasteiger partial charge in [-0.3, -0.25) is 9.59 Å². The van der Waals surface area contributed by atoms with Crippen LogP contribution in [0.1, 0.15) is 28.8 Å². The molecule has 1 aliphatic carbocycles. The molecule has 0 radical (unpaired) electrons. The number of carbonyl (C=O) groups is 2. The summed E-state index contributed by atoms with van der Waals surface area (Å²) in [4.78, 5) is 23.9. The normalized spacial score (nSPS) is 13.4. The van der Waals surface area contributed by atoms with Gasteiger partial charge in [-0.05, 0) is 54.8 Å². The number of nitrogens with one attached hydrogen (secondary N) is 2. The fraction of sp³-hybridized carbons (Fsp3) is 0.222. The summed E-state index contributed by atoms with van der Waals surface area (Å²) in [6.45, 7) is 0. The van der Waals surface area contributed by atoms with E-state index in [1.807, 2.05) is 24.3 Å². The first kappa shape index (κ1) is 15.7. The van der Waals surface area contributed by atoms with Gasteiger partial charge in [0.15, 0.2) is 0 Å².